The van der Waals surface area contributed by atoms with Gasteiger partial charge in [0.25, 0.3) is 0 Å². The van der Waals surface area contributed by atoms with Gasteiger partial charge in [-0.1, -0.05) is 87.4 Å². The Morgan fingerprint density at radius 2 is 1.00 bits per heavy atom. The van der Waals surface area contributed by atoms with Crippen LogP contribution in [0.4, 0.5) is 0 Å². The Kier molecular flexibility index (Phi) is 9.97. The summed E-state index contributed by atoms with van der Waals surface area (Å²) in [4.78, 5) is 0. The monoisotopic (exact) mass is 389 g/mol. The van der Waals surface area contributed by atoms with Crippen molar-refractivity contribution in [3.8, 4) is 0 Å². The fourth-order valence-corrected chi connectivity index (χ4v) is 3.41. The molecule has 132 valence electrons. The highest BCUT2D eigenvalue weighted by atomic mass is 79.9. The Hall–Kier alpha value is -1.12. The molecule has 2 aromatic rings. The van der Waals surface area contributed by atoms with Crippen molar-refractivity contribution in [2.45, 2.75) is 52.6 Å². The molecule has 0 aliphatic rings. The topological polar surface area (TPSA) is 0 Å². The number of hydrogen-bond acceptors (Lipinski definition) is 0. The number of halogens is 1. The van der Waals surface area contributed by atoms with Crippen molar-refractivity contribution in [2.24, 2.45) is 0 Å². The highest BCUT2D eigenvalue weighted by Crippen LogP contribution is 2.22. The van der Waals surface area contributed by atoms with E-state index >= 15 is 0 Å². The van der Waals surface area contributed by atoms with Crippen molar-refractivity contribution in [1.82, 2.24) is 0 Å². The molecule has 0 radical (unpaired) electrons. The maximum Gasteiger partial charge on any atom is 0.105 e. The molecule has 2 aromatic carbocycles. The molecule has 0 aliphatic carbocycles. The zero-order chi connectivity index (χ0) is 16.4. The first-order chi connectivity index (χ1) is 11.3. The van der Waals surface area contributed by atoms with E-state index in [0.29, 0.717) is 0 Å². The predicted octanol–water partition coefficient (Wildman–Crippen LogP) is 2.81. The summed E-state index contributed by atoms with van der Waals surface area (Å²) in [6.07, 6.45) is 5.16. The van der Waals surface area contributed by atoms with Crippen molar-refractivity contribution in [2.75, 3.05) is 13.1 Å². The molecule has 0 atom stereocenters. The van der Waals surface area contributed by atoms with E-state index in [4.69, 9.17) is 0 Å². The van der Waals surface area contributed by atoms with Crippen LogP contribution in [0.3, 0.4) is 0 Å². The van der Waals surface area contributed by atoms with Gasteiger partial charge in [0.1, 0.15) is 13.1 Å². The van der Waals surface area contributed by atoms with Crippen LogP contribution in [-0.4, -0.2) is 17.6 Å². The molecule has 0 bridgehead atoms. The molecule has 0 aliphatic heterocycles. The molecule has 24 heavy (non-hydrogen) atoms. The SMILES string of the molecule is CCCC[N+](CCCC)(Cc1ccccc1)Cc1ccccc1.[Br-]. The third kappa shape index (κ3) is 6.78. The Labute approximate surface area is 159 Å². The van der Waals surface area contributed by atoms with Gasteiger partial charge in [0.05, 0.1) is 13.1 Å². The maximum absolute atomic E-state index is 2.31. The van der Waals surface area contributed by atoms with Crippen LogP contribution >= 0.6 is 0 Å². The lowest BCUT2D eigenvalue weighted by Gasteiger charge is -2.39. The summed E-state index contributed by atoms with van der Waals surface area (Å²) in [5, 5.41) is 0. The molecular formula is C22H32BrN. The van der Waals surface area contributed by atoms with E-state index in [2.05, 4.69) is 74.5 Å². The molecule has 0 unspecified atom stereocenters. The fourth-order valence-electron chi connectivity index (χ4n) is 3.41. The van der Waals surface area contributed by atoms with Crippen molar-refractivity contribution >= 4 is 0 Å². The van der Waals surface area contributed by atoms with Crippen LogP contribution in [0.1, 0.15) is 50.7 Å². The summed E-state index contributed by atoms with van der Waals surface area (Å²) < 4.78 is 1.19. The Bertz CT molecular complexity index is 487. The van der Waals surface area contributed by atoms with Crippen LogP contribution in [-0.2, 0) is 13.1 Å². The summed E-state index contributed by atoms with van der Waals surface area (Å²) in [6.45, 7) is 9.46. The maximum atomic E-state index is 2.31. The number of quaternary nitrogens is 1. The largest absolute Gasteiger partial charge is 1.00 e. The van der Waals surface area contributed by atoms with Gasteiger partial charge in [-0.05, 0) is 12.8 Å². The van der Waals surface area contributed by atoms with Crippen molar-refractivity contribution < 1.29 is 21.5 Å². The molecule has 0 saturated heterocycles. The first-order valence-electron chi connectivity index (χ1n) is 9.21. The normalized spacial score (nSPS) is 11.1. The lowest BCUT2D eigenvalue weighted by molar-refractivity contribution is -0.954. The van der Waals surface area contributed by atoms with Gasteiger partial charge in [0, 0.05) is 11.1 Å². The molecule has 0 aromatic heterocycles. The van der Waals surface area contributed by atoms with Crippen molar-refractivity contribution in [3.63, 3.8) is 0 Å². The van der Waals surface area contributed by atoms with E-state index in [1.54, 1.807) is 0 Å². The van der Waals surface area contributed by atoms with Crippen LogP contribution in [0.5, 0.6) is 0 Å². The molecule has 0 saturated carbocycles. The second-order valence-electron chi connectivity index (χ2n) is 6.78. The quantitative estimate of drug-likeness (QED) is 0.548. The van der Waals surface area contributed by atoms with E-state index in [-0.39, 0.29) is 17.0 Å². The smallest absolute Gasteiger partial charge is 0.105 e. The number of nitrogens with zero attached hydrogens (tertiary/aromatic N) is 1. The summed E-state index contributed by atoms with van der Waals surface area (Å²) in [5.74, 6) is 0. The Morgan fingerprint density at radius 1 is 0.625 bits per heavy atom. The lowest BCUT2D eigenvalue weighted by Crippen LogP contribution is -3.00. The summed E-state index contributed by atoms with van der Waals surface area (Å²) in [6, 6.07) is 22.1. The van der Waals surface area contributed by atoms with Gasteiger partial charge >= 0.3 is 0 Å². The highest BCUT2D eigenvalue weighted by Gasteiger charge is 2.27. The highest BCUT2D eigenvalue weighted by molar-refractivity contribution is 5.15. The average Bonchev–Trinajstić information content (AvgIpc) is 2.60. The Balaban J connectivity index is 0.00000288. The standard InChI is InChI=1S/C22H32N.BrH/c1-3-5-17-23(18-6-4-2,19-21-13-9-7-10-14-21)20-22-15-11-8-12-16-22;/h7-16H,3-6,17-20H2,1-2H3;1H/q+1;/p-1. The number of unbranched alkanes of at least 4 members (excludes halogenated alkanes) is 2. The molecule has 0 amide bonds. The first kappa shape index (κ1) is 20.9. The van der Waals surface area contributed by atoms with Gasteiger partial charge < -0.3 is 21.5 Å². The molecule has 0 fully saturated rings. The molecule has 0 spiro atoms. The van der Waals surface area contributed by atoms with E-state index in [1.807, 2.05) is 0 Å². The molecule has 1 nitrogen and oxygen atoms in total. The minimum Gasteiger partial charge on any atom is -1.00 e. The summed E-state index contributed by atoms with van der Waals surface area (Å²) in [7, 11) is 0. The third-order valence-corrected chi connectivity index (χ3v) is 4.69. The van der Waals surface area contributed by atoms with E-state index in [1.165, 1.54) is 54.4 Å². The zero-order valence-corrected chi connectivity index (χ0v) is 16.8. The van der Waals surface area contributed by atoms with Gasteiger partial charge in [0.15, 0.2) is 0 Å². The average molecular weight is 390 g/mol. The lowest BCUT2D eigenvalue weighted by atomic mass is 10.1. The summed E-state index contributed by atoms with van der Waals surface area (Å²) >= 11 is 0. The van der Waals surface area contributed by atoms with Crippen molar-refractivity contribution in [3.05, 3.63) is 71.8 Å². The number of hydrogen-bond donors (Lipinski definition) is 0. The fraction of sp³-hybridized carbons (Fsp3) is 0.455. The van der Waals surface area contributed by atoms with E-state index in [0.717, 1.165) is 13.1 Å². The molecule has 0 N–H and O–H groups in total. The number of rotatable bonds is 10. The van der Waals surface area contributed by atoms with Gasteiger partial charge in [-0.25, -0.2) is 0 Å². The summed E-state index contributed by atoms with van der Waals surface area (Å²) in [5.41, 5.74) is 2.94. The van der Waals surface area contributed by atoms with Crippen LogP contribution in [0, 0.1) is 0 Å². The molecule has 2 rings (SSSR count). The predicted molar refractivity (Wildman–Crippen MR) is 100 cm³/mol. The van der Waals surface area contributed by atoms with Crippen molar-refractivity contribution in [1.29, 1.82) is 0 Å². The third-order valence-electron chi connectivity index (χ3n) is 4.69. The van der Waals surface area contributed by atoms with E-state index in [9.17, 15) is 0 Å². The van der Waals surface area contributed by atoms with Crippen LogP contribution in [0.2, 0.25) is 0 Å². The second kappa shape index (κ2) is 11.4. The molecule has 2 heteroatoms. The first-order valence-corrected chi connectivity index (χ1v) is 9.21. The zero-order valence-electron chi connectivity index (χ0n) is 15.3. The van der Waals surface area contributed by atoms with E-state index < -0.39 is 0 Å². The molecule has 0 heterocycles. The minimum absolute atomic E-state index is 0. The van der Waals surface area contributed by atoms with Crippen LogP contribution in [0.15, 0.2) is 60.7 Å². The Morgan fingerprint density at radius 3 is 1.33 bits per heavy atom. The van der Waals surface area contributed by atoms with Crippen LogP contribution < -0.4 is 17.0 Å². The van der Waals surface area contributed by atoms with Gasteiger partial charge in [-0.3, -0.25) is 0 Å². The minimum atomic E-state index is 0. The molecular weight excluding hydrogens is 358 g/mol. The van der Waals surface area contributed by atoms with Crippen LogP contribution in [0.25, 0.3) is 0 Å². The van der Waals surface area contributed by atoms with Gasteiger partial charge in [-0.15, -0.1) is 0 Å². The number of benzene rings is 2. The van der Waals surface area contributed by atoms with Gasteiger partial charge in [-0.2, -0.15) is 0 Å². The second-order valence-corrected chi connectivity index (χ2v) is 6.78. The van der Waals surface area contributed by atoms with Gasteiger partial charge in [0.2, 0.25) is 0 Å².